The molecule has 0 radical (unpaired) electrons. The van der Waals surface area contributed by atoms with E-state index in [2.05, 4.69) is 0 Å². The van der Waals surface area contributed by atoms with Crippen molar-refractivity contribution in [2.75, 3.05) is 39.3 Å². The van der Waals surface area contributed by atoms with E-state index in [0.717, 1.165) is 0 Å². The Hall–Kier alpha value is 0.254. The molecule has 0 rings (SSSR count). The number of hydrogen-bond donors (Lipinski definition) is 6. The molecule has 0 amide bonds. The molecule has 13 heavy (non-hydrogen) atoms. The van der Waals surface area contributed by atoms with E-state index in [0.29, 0.717) is 39.3 Å². The Morgan fingerprint density at radius 1 is 0.385 bits per heavy atom. The quantitative estimate of drug-likeness (QED) is 0.283. The molecule has 0 saturated carbocycles. The second-order valence-corrected chi connectivity index (χ2v) is 1.73. The fourth-order valence-corrected chi connectivity index (χ4v) is 0. The molecule has 6 nitrogen and oxygen atoms in total. The van der Waals surface area contributed by atoms with E-state index in [1.807, 2.05) is 0 Å². The van der Waals surface area contributed by atoms with Gasteiger partial charge in [-0.05, 0) is 0 Å². The molecule has 0 aliphatic heterocycles. The number of nitrogens with two attached hydrogens (primary N) is 6. The standard InChI is InChI=1S/3C2H8N2.Ni/c3*3-1-2-4;/h3*1-4H2;. The average Bonchev–Trinajstić information content (AvgIpc) is 2.18. The van der Waals surface area contributed by atoms with Crippen molar-refractivity contribution in [2.24, 2.45) is 34.4 Å². The summed E-state index contributed by atoms with van der Waals surface area (Å²) < 4.78 is 0. The maximum absolute atomic E-state index is 4.90. The average molecular weight is 239 g/mol. The first-order chi connectivity index (χ1) is 5.74. The Balaban J connectivity index is -0.0000000450. The molecule has 0 unspecified atom stereocenters. The first-order valence-corrected chi connectivity index (χ1v) is 3.95. The third kappa shape index (κ3) is 122. The van der Waals surface area contributed by atoms with Gasteiger partial charge in [0.2, 0.25) is 0 Å². The van der Waals surface area contributed by atoms with Gasteiger partial charge in [0, 0.05) is 55.8 Å². The molecule has 12 N–H and O–H groups in total. The summed E-state index contributed by atoms with van der Waals surface area (Å²) in [5.74, 6) is 0. The van der Waals surface area contributed by atoms with Crippen molar-refractivity contribution in [3.05, 3.63) is 0 Å². The van der Waals surface area contributed by atoms with Crippen LogP contribution >= 0.6 is 0 Å². The molecule has 88 valence electrons. The van der Waals surface area contributed by atoms with E-state index < -0.39 is 0 Å². The van der Waals surface area contributed by atoms with E-state index in [1.165, 1.54) is 0 Å². The zero-order valence-corrected chi connectivity index (χ0v) is 9.01. The summed E-state index contributed by atoms with van der Waals surface area (Å²) in [7, 11) is 0. The summed E-state index contributed by atoms with van der Waals surface area (Å²) in [6.07, 6.45) is 0. The molecular weight excluding hydrogens is 215 g/mol. The molecular formula is C6H24N6Ni. The van der Waals surface area contributed by atoms with Gasteiger partial charge in [-0.1, -0.05) is 0 Å². The van der Waals surface area contributed by atoms with Crippen LogP contribution in [-0.4, -0.2) is 39.3 Å². The minimum atomic E-state index is 0. The summed E-state index contributed by atoms with van der Waals surface area (Å²) in [6, 6.07) is 0. The summed E-state index contributed by atoms with van der Waals surface area (Å²) in [5.41, 5.74) is 29.4. The Kier molecular flexibility index (Phi) is 70.9. The maximum atomic E-state index is 4.90. The minimum absolute atomic E-state index is 0. The zero-order valence-electron chi connectivity index (χ0n) is 8.02. The molecule has 0 saturated heterocycles. The van der Waals surface area contributed by atoms with Gasteiger partial charge < -0.3 is 34.4 Å². The Morgan fingerprint density at radius 3 is 0.462 bits per heavy atom. The largest absolute Gasteiger partial charge is 0.329 e. The molecule has 0 aliphatic carbocycles. The van der Waals surface area contributed by atoms with Crippen LogP contribution in [0.15, 0.2) is 0 Å². The summed E-state index contributed by atoms with van der Waals surface area (Å²) in [4.78, 5) is 0. The molecule has 0 spiro atoms. The van der Waals surface area contributed by atoms with Gasteiger partial charge >= 0.3 is 0 Å². The third-order valence-corrected chi connectivity index (χ3v) is 0.500. The number of rotatable bonds is 3. The fraction of sp³-hybridized carbons (Fsp3) is 1.00. The van der Waals surface area contributed by atoms with Gasteiger partial charge in [-0.3, -0.25) is 0 Å². The minimum Gasteiger partial charge on any atom is -0.329 e. The maximum Gasteiger partial charge on any atom is 0.00461 e. The van der Waals surface area contributed by atoms with Crippen molar-refractivity contribution < 1.29 is 16.5 Å². The molecule has 7 heteroatoms. The molecule has 0 heterocycles. The normalized spacial score (nSPS) is 6.92. The number of hydrogen-bond acceptors (Lipinski definition) is 6. The van der Waals surface area contributed by atoms with Crippen LogP contribution in [0.25, 0.3) is 0 Å². The van der Waals surface area contributed by atoms with Crippen LogP contribution in [-0.2, 0) is 16.5 Å². The van der Waals surface area contributed by atoms with Gasteiger partial charge in [-0.25, -0.2) is 0 Å². The third-order valence-electron chi connectivity index (χ3n) is 0.500. The van der Waals surface area contributed by atoms with E-state index in [-0.39, 0.29) is 16.5 Å². The Labute approximate surface area is 90.7 Å². The molecule has 0 fully saturated rings. The van der Waals surface area contributed by atoms with E-state index in [4.69, 9.17) is 34.4 Å². The van der Waals surface area contributed by atoms with Crippen molar-refractivity contribution in [3.8, 4) is 0 Å². The molecule has 0 aliphatic rings. The summed E-state index contributed by atoms with van der Waals surface area (Å²) in [6.45, 7) is 3.58. The summed E-state index contributed by atoms with van der Waals surface area (Å²) >= 11 is 0. The van der Waals surface area contributed by atoms with Gasteiger partial charge in [-0.15, -0.1) is 0 Å². The Bertz CT molecular complexity index is 32.6. The predicted molar refractivity (Wildman–Crippen MR) is 54.3 cm³/mol. The van der Waals surface area contributed by atoms with Gasteiger partial charge in [0.25, 0.3) is 0 Å². The zero-order chi connectivity index (χ0) is 10.2. The van der Waals surface area contributed by atoms with Gasteiger partial charge in [0.1, 0.15) is 0 Å². The van der Waals surface area contributed by atoms with Crippen LogP contribution in [0, 0.1) is 0 Å². The second-order valence-electron chi connectivity index (χ2n) is 1.73. The van der Waals surface area contributed by atoms with E-state index in [9.17, 15) is 0 Å². The van der Waals surface area contributed by atoms with Crippen LogP contribution in [0.1, 0.15) is 0 Å². The monoisotopic (exact) mass is 238 g/mol. The van der Waals surface area contributed by atoms with Crippen molar-refractivity contribution in [1.29, 1.82) is 0 Å². The second kappa shape index (κ2) is 39.7. The van der Waals surface area contributed by atoms with Gasteiger partial charge in [0.05, 0.1) is 0 Å². The van der Waals surface area contributed by atoms with Crippen molar-refractivity contribution in [1.82, 2.24) is 0 Å². The van der Waals surface area contributed by atoms with Crippen LogP contribution in [0.2, 0.25) is 0 Å². The van der Waals surface area contributed by atoms with E-state index >= 15 is 0 Å². The van der Waals surface area contributed by atoms with Crippen molar-refractivity contribution in [2.45, 2.75) is 0 Å². The van der Waals surface area contributed by atoms with Crippen LogP contribution in [0.5, 0.6) is 0 Å². The fourth-order valence-electron chi connectivity index (χ4n) is 0. The first-order valence-electron chi connectivity index (χ1n) is 3.95. The summed E-state index contributed by atoms with van der Waals surface area (Å²) in [5, 5.41) is 0. The van der Waals surface area contributed by atoms with Crippen LogP contribution in [0.4, 0.5) is 0 Å². The van der Waals surface area contributed by atoms with Crippen LogP contribution in [0.3, 0.4) is 0 Å². The smallest absolute Gasteiger partial charge is 0.00461 e. The topological polar surface area (TPSA) is 156 Å². The molecule has 0 aromatic heterocycles. The Morgan fingerprint density at radius 2 is 0.462 bits per heavy atom. The van der Waals surface area contributed by atoms with Gasteiger partial charge in [-0.2, -0.15) is 0 Å². The predicted octanol–water partition coefficient (Wildman–Crippen LogP) is -3.29. The SMILES string of the molecule is NCCN.NCCN.NCCN.[Ni]. The molecule has 0 atom stereocenters. The first kappa shape index (κ1) is 23.2. The van der Waals surface area contributed by atoms with Crippen LogP contribution < -0.4 is 34.4 Å². The molecule has 0 bridgehead atoms. The van der Waals surface area contributed by atoms with Crippen molar-refractivity contribution in [3.63, 3.8) is 0 Å². The molecule has 0 aromatic carbocycles. The van der Waals surface area contributed by atoms with Gasteiger partial charge in [0.15, 0.2) is 0 Å². The van der Waals surface area contributed by atoms with E-state index in [1.54, 1.807) is 0 Å². The molecule has 0 aromatic rings. The van der Waals surface area contributed by atoms with Crippen molar-refractivity contribution >= 4 is 0 Å².